The Morgan fingerprint density at radius 1 is 1.06 bits per heavy atom. The van der Waals surface area contributed by atoms with E-state index in [-0.39, 0.29) is 12.8 Å². The minimum absolute atomic E-state index is 0.148. The SMILES string of the molecule is CC1CCC(C2(N)CCCC(C(F)(F)F)C2)CC1. The van der Waals surface area contributed by atoms with Crippen LogP contribution in [0.4, 0.5) is 13.2 Å². The number of rotatable bonds is 1. The van der Waals surface area contributed by atoms with Crippen molar-refractivity contribution in [3.8, 4) is 0 Å². The minimum atomic E-state index is -4.06. The molecular formula is C14H24F3N. The molecule has 18 heavy (non-hydrogen) atoms. The predicted molar refractivity (Wildman–Crippen MR) is 66.1 cm³/mol. The Balaban J connectivity index is 2.01. The summed E-state index contributed by atoms with van der Waals surface area (Å²) in [4.78, 5) is 0. The summed E-state index contributed by atoms with van der Waals surface area (Å²) in [6.45, 7) is 2.22. The molecule has 4 heteroatoms. The lowest BCUT2D eigenvalue weighted by Gasteiger charge is -2.46. The Morgan fingerprint density at radius 3 is 2.22 bits per heavy atom. The largest absolute Gasteiger partial charge is 0.391 e. The number of hydrogen-bond acceptors (Lipinski definition) is 1. The molecule has 2 aliphatic carbocycles. The van der Waals surface area contributed by atoms with Crippen LogP contribution in [0, 0.1) is 17.8 Å². The molecule has 0 amide bonds. The van der Waals surface area contributed by atoms with Crippen molar-refractivity contribution in [1.82, 2.24) is 0 Å². The smallest absolute Gasteiger partial charge is 0.325 e. The molecule has 2 fully saturated rings. The zero-order chi connectivity index (χ0) is 13.4. The second kappa shape index (κ2) is 5.03. The molecule has 0 bridgehead atoms. The molecule has 2 N–H and O–H groups in total. The number of alkyl halides is 3. The van der Waals surface area contributed by atoms with E-state index in [9.17, 15) is 13.2 Å². The van der Waals surface area contributed by atoms with Gasteiger partial charge >= 0.3 is 6.18 Å². The summed E-state index contributed by atoms with van der Waals surface area (Å²) in [6.07, 6.45) is 2.05. The first kappa shape index (κ1) is 14.2. The van der Waals surface area contributed by atoms with E-state index in [0.29, 0.717) is 18.3 Å². The van der Waals surface area contributed by atoms with Gasteiger partial charge in [-0.15, -0.1) is 0 Å². The first-order valence-corrected chi connectivity index (χ1v) is 7.17. The van der Waals surface area contributed by atoms with E-state index >= 15 is 0 Å². The molecule has 0 aromatic heterocycles. The summed E-state index contributed by atoms with van der Waals surface area (Å²) in [5, 5.41) is 0. The van der Waals surface area contributed by atoms with Crippen LogP contribution in [0.3, 0.4) is 0 Å². The Morgan fingerprint density at radius 2 is 1.67 bits per heavy atom. The molecule has 0 aromatic rings. The summed E-state index contributed by atoms with van der Waals surface area (Å²) in [5.41, 5.74) is 5.81. The Hall–Kier alpha value is -0.250. The molecule has 0 aromatic carbocycles. The molecule has 0 radical (unpaired) electrons. The maximum absolute atomic E-state index is 12.9. The quantitative estimate of drug-likeness (QED) is 0.751. The summed E-state index contributed by atoms with van der Waals surface area (Å²) in [6, 6.07) is 0. The van der Waals surface area contributed by atoms with Crippen LogP contribution in [0.15, 0.2) is 0 Å². The van der Waals surface area contributed by atoms with Crippen LogP contribution < -0.4 is 5.73 Å². The molecule has 1 nitrogen and oxygen atoms in total. The summed E-state index contributed by atoms with van der Waals surface area (Å²) in [5.74, 6) is -0.152. The fourth-order valence-electron chi connectivity index (χ4n) is 3.83. The van der Waals surface area contributed by atoms with Crippen molar-refractivity contribution in [2.24, 2.45) is 23.5 Å². The van der Waals surface area contributed by atoms with Gasteiger partial charge in [0.15, 0.2) is 0 Å². The zero-order valence-corrected chi connectivity index (χ0v) is 11.1. The van der Waals surface area contributed by atoms with E-state index in [1.807, 2.05) is 0 Å². The monoisotopic (exact) mass is 263 g/mol. The van der Waals surface area contributed by atoms with Gasteiger partial charge < -0.3 is 5.73 Å². The van der Waals surface area contributed by atoms with Crippen molar-refractivity contribution in [3.05, 3.63) is 0 Å². The van der Waals surface area contributed by atoms with Gasteiger partial charge in [-0.1, -0.05) is 26.2 Å². The van der Waals surface area contributed by atoms with E-state index in [1.165, 1.54) is 0 Å². The van der Waals surface area contributed by atoms with Crippen LogP contribution in [-0.2, 0) is 0 Å². The molecule has 2 atom stereocenters. The highest BCUT2D eigenvalue weighted by Gasteiger charge is 2.48. The molecule has 2 unspecified atom stereocenters. The Labute approximate surface area is 107 Å². The first-order valence-electron chi connectivity index (χ1n) is 7.17. The van der Waals surface area contributed by atoms with Gasteiger partial charge in [-0.05, 0) is 43.9 Å². The lowest BCUT2D eigenvalue weighted by atomic mass is 9.64. The summed E-state index contributed by atoms with van der Waals surface area (Å²) >= 11 is 0. The second-order valence-corrected chi connectivity index (χ2v) is 6.52. The van der Waals surface area contributed by atoms with Gasteiger partial charge in [0.2, 0.25) is 0 Å². The van der Waals surface area contributed by atoms with Gasteiger partial charge in [-0.25, -0.2) is 0 Å². The van der Waals surface area contributed by atoms with Gasteiger partial charge in [0, 0.05) is 5.54 Å². The van der Waals surface area contributed by atoms with Gasteiger partial charge in [0.1, 0.15) is 0 Å². The fraction of sp³-hybridized carbons (Fsp3) is 1.00. The third-order valence-corrected chi connectivity index (χ3v) is 5.11. The van der Waals surface area contributed by atoms with Crippen molar-refractivity contribution in [2.45, 2.75) is 70.0 Å². The fourth-order valence-corrected chi connectivity index (χ4v) is 3.83. The molecule has 2 rings (SSSR count). The second-order valence-electron chi connectivity index (χ2n) is 6.52. The lowest BCUT2D eigenvalue weighted by molar-refractivity contribution is -0.189. The average Bonchev–Trinajstić information content (AvgIpc) is 2.28. The van der Waals surface area contributed by atoms with Crippen molar-refractivity contribution in [1.29, 1.82) is 0 Å². The van der Waals surface area contributed by atoms with E-state index < -0.39 is 17.6 Å². The molecule has 2 aliphatic rings. The van der Waals surface area contributed by atoms with Crippen LogP contribution in [0.5, 0.6) is 0 Å². The number of halogens is 3. The topological polar surface area (TPSA) is 26.0 Å². The van der Waals surface area contributed by atoms with Gasteiger partial charge in [-0.2, -0.15) is 13.2 Å². The van der Waals surface area contributed by atoms with E-state index in [2.05, 4.69) is 6.92 Å². The molecule has 0 heterocycles. The van der Waals surface area contributed by atoms with E-state index in [0.717, 1.165) is 32.1 Å². The molecular weight excluding hydrogens is 239 g/mol. The number of hydrogen-bond donors (Lipinski definition) is 1. The average molecular weight is 263 g/mol. The van der Waals surface area contributed by atoms with E-state index in [4.69, 9.17) is 5.73 Å². The van der Waals surface area contributed by atoms with Crippen LogP contribution >= 0.6 is 0 Å². The normalized spacial score (nSPS) is 42.8. The van der Waals surface area contributed by atoms with Crippen molar-refractivity contribution >= 4 is 0 Å². The van der Waals surface area contributed by atoms with Crippen LogP contribution in [0.1, 0.15) is 58.3 Å². The molecule has 106 valence electrons. The highest BCUT2D eigenvalue weighted by Crippen LogP contribution is 2.47. The van der Waals surface area contributed by atoms with Crippen LogP contribution in [-0.4, -0.2) is 11.7 Å². The maximum atomic E-state index is 12.9. The van der Waals surface area contributed by atoms with Crippen molar-refractivity contribution in [3.63, 3.8) is 0 Å². The van der Waals surface area contributed by atoms with Gasteiger partial charge in [-0.3, -0.25) is 0 Å². The Kier molecular flexibility index (Phi) is 3.96. The standard InChI is InChI=1S/C14H24F3N/c1-10-4-6-11(7-5-10)13(18)8-2-3-12(9-13)14(15,16)17/h10-12H,2-9,18H2,1H3. The van der Waals surface area contributed by atoms with Crippen molar-refractivity contribution < 1.29 is 13.2 Å². The zero-order valence-electron chi connectivity index (χ0n) is 11.1. The van der Waals surface area contributed by atoms with E-state index in [1.54, 1.807) is 0 Å². The first-order chi connectivity index (χ1) is 8.31. The maximum Gasteiger partial charge on any atom is 0.391 e. The number of nitrogens with two attached hydrogens (primary N) is 1. The Bertz CT molecular complexity index is 281. The lowest BCUT2D eigenvalue weighted by Crippen LogP contribution is -2.53. The van der Waals surface area contributed by atoms with Crippen molar-refractivity contribution in [2.75, 3.05) is 0 Å². The summed E-state index contributed by atoms with van der Waals surface area (Å²) in [7, 11) is 0. The third-order valence-electron chi connectivity index (χ3n) is 5.11. The predicted octanol–water partition coefficient (Wildman–Crippen LogP) is 4.26. The molecule has 0 spiro atoms. The highest BCUT2D eigenvalue weighted by atomic mass is 19.4. The highest BCUT2D eigenvalue weighted by molar-refractivity contribution is 4.98. The minimum Gasteiger partial charge on any atom is -0.325 e. The van der Waals surface area contributed by atoms with Crippen LogP contribution in [0.25, 0.3) is 0 Å². The molecule has 2 saturated carbocycles. The summed E-state index contributed by atoms with van der Waals surface area (Å²) < 4.78 is 38.6. The molecule has 0 aliphatic heterocycles. The molecule has 0 saturated heterocycles. The third kappa shape index (κ3) is 3.01. The van der Waals surface area contributed by atoms with Gasteiger partial charge in [0.25, 0.3) is 0 Å². The van der Waals surface area contributed by atoms with Crippen LogP contribution in [0.2, 0.25) is 0 Å². The van der Waals surface area contributed by atoms with Gasteiger partial charge in [0.05, 0.1) is 5.92 Å².